The minimum absolute atomic E-state index is 0.264. The SMILES string of the molecule is C[C@H]1[C@@H](c2ccc(F)c(F)c2OC(F)F)[C@@H](C(=O)Nc2ccc(F)c(C(N)=O)c2)O[C@@]1(C)C(F)(F)F. The number of nitrogens with two attached hydrogens (primary N) is 1. The number of carbonyl (C=O) groups is 2. The van der Waals surface area contributed by atoms with Crippen LogP contribution < -0.4 is 15.8 Å². The van der Waals surface area contributed by atoms with Crippen molar-refractivity contribution in [2.75, 3.05) is 5.32 Å². The molecule has 14 heteroatoms. The third kappa shape index (κ3) is 4.81. The van der Waals surface area contributed by atoms with Gasteiger partial charge in [0, 0.05) is 23.1 Å². The standard InChI is InChI=1S/C22H18F8N2O4/c1-8-14(10-4-6-13(24)15(25)16(10)35-20(26)27)17(36-21(8,2)22(28,29)30)19(34)32-9-3-5-12(23)11(7-9)18(31)33/h3-8,14,17,20H,1-2H3,(H2,31,33)(H,32,34)/t8-,14-,17-,21+/m0/s1. The maximum atomic E-state index is 14.4. The molecule has 1 fully saturated rings. The fourth-order valence-corrected chi connectivity index (χ4v) is 4.05. The van der Waals surface area contributed by atoms with Gasteiger partial charge in [-0.05, 0) is 31.2 Å². The Hall–Kier alpha value is -3.42. The molecule has 1 heterocycles. The van der Waals surface area contributed by atoms with Crippen LogP contribution in [0, 0.1) is 23.4 Å². The van der Waals surface area contributed by atoms with Crippen LogP contribution in [0.5, 0.6) is 5.75 Å². The molecule has 2 aromatic rings. The Morgan fingerprint density at radius 3 is 2.28 bits per heavy atom. The first-order chi connectivity index (χ1) is 16.6. The lowest BCUT2D eigenvalue weighted by molar-refractivity contribution is -0.272. The van der Waals surface area contributed by atoms with Gasteiger partial charge in [0.25, 0.3) is 11.8 Å². The number of ether oxygens (including phenoxy) is 2. The number of hydrogen-bond donors (Lipinski definition) is 2. The van der Waals surface area contributed by atoms with Gasteiger partial charge in [-0.15, -0.1) is 0 Å². The fraction of sp³-hybridized carbons (Fsp3) is 0.364. The molecule has 4 atom stereocenters. The van der Waals surface area contributed by atoms with E-state index in [0.717, 1.165) is 25.1 Å². The fourth-order valence-electron chi connectivity index (χ4n) is 4.05. The molecule has 196 valence electrons. The number of carbonyl (C=O) groups excluding carboxylic acids is 2. The number of primary amides is 1. The van der Waals surface area contributed by atoms with Crippen LogP contribution in [0.4, 0.5) is 40.8 Å². The molecule has 0 aromatic heterocycles. The zero-order chi connectivity index (χ0) is 27.2. The van der Waals surface area contributed by atoms with Crippen LogP contribution in [-0.2, 0) is 9.53 Å². The average Bonchev–Trinajstić information content (AvgIpc) is 3.04. The van der Waals surface area contributed by atoms with E-state index >= 15 is 0 Å². The molecule has 3 N–H and O–H groups in total. The predicted molar refractivity (Wildman–Crippen MR) is 108 cm³/mol. The second-order valence-corrected chi connectivity index (χ2v) is 8.16. The lowest BCUT2D eigenvalue weighted by atomic mass is 9.77. The molecule has 0 aliphatic carbocycles. The topological polar surface area (TPSA) is 90.6 Å². The van der Waals surface area contributed by atoms with Crippen LogP contribution in [0.2, 0.25) is 0 Å². The Kier molecular flexibility index (Phi) is 7.22. The molecule has 3 rings (SSSR count). The smallest absolute Gasteiger partial charge is 0.417 e. The third-order valence-electron chi connectivity index (χ3n) is 6.07. The van der Waals surface area contributed by atoms with Gasteiger partial charge in [-0.1, -0.05) is 13.0 Å². The lowest BCUT2D eigenvalue weighted by Crippen LogP contribution is -2.47. The van der Waals surface area contributed by atoms with E-state index in [1.807, 2.05) is 0 Å². The first-order valence-electron chi connectivity index (χ1n) is 10.2. The number of hydrogen-bond acceptors (Lipinski definition) is 4. The van der Waals surface area contributed by atoms with E-state index in [-0.39, 0.29) is 5.69 Å². The van der Waals surface area contributed by atoms with Crippen LogP contribution in [0.3, 0.4) is 0 Å². The maximum absolute atomic E-state index is 14.4. The molecule has 1 aliphatic heterocycles. The third-order valence-corrected chi connectivity index (χ3v) is 6.07. The van der Waals surface area contributed by atoms with Crippen LogP contribution in [0.25, 0.3) is 0 Å². The van der Waals surface area contributed by atoms with Gasteiger partial charge in [-0.3, -0.25) is 9.59 Å². The van der Waals surface area contributed by atoms with Gasteiger partial charge < -0.3 is 20.5 Å². The summed E-state index contributed by atoms with van der Waals surface area (Å²) in [7, 11) is 0. The summed E-state index contributed by atoms with van der Waals surface area (Å²) < 4.78 is 119. The van der Waals surface area contributed by atoms with Crippen molar-refractivity contribution in [1.29, 1.82) is 0 Å². The number of rotatable bonds is 6. The highest BCUT2D eigenvalue weighted by Gasteiger charge is 2.66. The Labute approximate surface area is 198 Å². The molecule has 2 amide bonds. The van der Waals surface area contributed by atoms with Gasteiger partial charge in [-0.2, -0.15) is 26.3 Å². The van der Waals surface area contributed by atoms with Gasteiger partial charge in [0.1, 0.15) is 11.9 Å². The molecular weight excluding hydrogens is 508 g/mol. The van der Waals surface area contributed by atoms with Gasteiger partial charge in [0.15, 0.2) is 17.2 Å². The van der Waals surface area contributed by atoms with E-state index in [1.165, 1.54) is 0 Å². The molecule has 0 spiro atoms. The summed E-state index contributed by atoms with van der Waals surface area (Å²) in [5.41, 5.74) is 0.424. The molecule has 0 radical (unpaired) electrons. The maximum Gasteiger partial charge on any atom is 0.417 e. The molecule has 0 bridgehead atoms. The van der Waals surface area contributed by atoms with Gasteiger partial charge in [0.2, 0.25) is 5.82 Å². The predicted octanol–water partition coefficient (Wildman–Crippen LogP) is 4.88. The molecule has 6 nitrogen and oxygen atoms in total. The van der Waals surface area contributed by atoms with Crippen LogP contribution in [-0.4, -0.2) is 36.3 Å². The number of nitrogens with one attached hydrogen (secondary N) is 1. The van der Waals surface area contributed by atoms with Crippen molar-refractivity contribution in [2.45, 2.75) is 44.3 Å². The molecule has 0 saturated carbocycles. The van der Waals surface area contributed by atoms with Crippen LogP contribution in [0.1, 0.15) is 35.7 Å². The first-order valence-corrected chi connectivity index (χ1v) is 10.2. The minimum Gasteiger partial charge on any atom is -0.431 e. The number of halogens is 8. The Bertz CT molecular complexity index is 1190. The number of benzene rings is 2. The largest absolute Gasteiger partial charge is 0.431 e. The second kappa shape index (κ2) is 9.56. The van der Waals surface area contributed by atoms with Crippen LogP contribution >= 0.6 is 0 Å². The number of anilines is 1. The highest BCUT2D eigenvalue weighted by atomic mass is 19.4. The van der Waals surface area contributed by atoms with E-state index < -0.39 is 82.5 Å². The van der Waals surface area contributed by atoms with E-state index in [1.54, 1.807) is 0 Å². The minimum atomic E-state index is -5.09. The summed E-state index contributed by atoms with van der Waals surface area (Å²) in [6.45, 7) is -2.08. The summed E-state index contributed by atoms with van der Waals surface area (Å²) in [5.74, 6) is -11.9. The Morgan fingerprint density at radius 1 is 1.11 bits per heavy atom. The average molecular weight is 526 g/mol. The second-order valence-electron chi connectivity index (χ2n) is 8.16. The highest BCUT2D eigenvalue weighted by Crippen LogP contribution is 2.55. The zero-order valence-corrected chi connectivity index (χ0v) is 18.4. The summed E-state index contributed by atoms with van der Waals surface area (Å²) in [6.07, 6.45) is -7.18. The van der Waals surface area contributed by atoms with Crippen molar-refractivity contribution in [2.24, 2.45) is 11.7 Å². The monoisotopic (exact) mass is 526 g/mol. The van der Waals surface area contributed by atoms with E-state index in [4.69, 9.17) is 10.5 Å². The molecular formula is C22H18F8N2O4. The van der Waals surface area contributed by atoms with E-state index in [9.17, 15) is 44.7 Å². The quantitative estimate of drug-likeness (QED) is 0.525. The molecule has 36 heavy (non-hydrogen) atoms. The van der Waals surface area contributed by atoms with Crippen molar-refractivity contribution < 1.29 is 54.2 Å². The number of amides is 2. The molecule has 2 aromatic carbocycles. The Balaban J connectivity index is 2.11. The van der Waals surface area contributed by atoms with Gasteiger partial charge >= 0.3 is 12.8 Å². The van der Waals surface area contributed by atoms with Crippen LogP contribution in [0.15, 0.2) is 30.3 Å². The first kappa shape index (κ1) is 27.2. The summed E-state index contributed by atoms with van der Waals surface area (Å²) in [5, 5.41) is 2.14. The van der Waals surface area contributed by atoms with E-state index in [0.29, 0.717) is 19.1 Å². The van der Waals surface area contributed by atoms with Crippen molar-refractivity contribution in [3.05, 3.63) is 58.9 Å². The van der Waals surface area contributed by atoms with Crippen molar-refractivity contribution in [1.82, 2.24) is 0 Å². The summed E-state index contributed by atoms with van der Waals surface area (Å²) in [4.78, 5) is 24.4. The highest BCUT2D eigenvalue weighted by molar-refractivity contribution is 5.98. The number of alkyl halides is 5. The molecule has 0 unspecified atom stereocenters. The zero-order valence-electron chi connectivity index (χ0n) is 18.4. The Morgan fingerprint density at radius 2 is 1.72 bits per heavy atom. The van der Waals surface area contributed by atoms with Crippen molar-refractivity contribution in [3.63, 3.8) is 0 Å². The van der Waals surface area contributed by atoms with E-state index in [2.05, 4.69) is 10.1 Å². The molecule has 1 aliphatic rings. The lowest BCUT2D eigenvalue weighted by Gasteiger charge is -2.32. The van der Waals surface area contributed by atoms with Gasteiger partial charge in [0.05, 0.1) is 5.56 Å². The van der Waals surface area contributed by atoms with Crippen molar-refractivity contribution >= 4 is 17.5 Å². The summed E-state index contributed by atoms with van der Waals surface area (Å²) >= 11 is 0. The van der Waals surface area contributed by atoms with Gasteiger partial charge in [-0.25, -0.2) is 8.78 Å². The van der Waals surface area contributed by atoms with Crippen molar-refractivity contribution in [3.8, 4) is 5.75 Å². The summed E-state index contributed by atoms with van der Waals surface area (Å²) in [6, 6.07) is 3.74. The normalized spacial score (nSPS) is 24.1. The molecule has 1 saturated heterocycles.